The predicted octanol–water partition coefficient (Wildman–Crippen LogP) is 7.46. The Hall–Kier alpha value is 0.0300. The second kappa shape index (κ2) is 19.5. The van der Waals surface area contributed by atoms with Gasteiger partial charge in [-0.2, -0.15) is 0 Å². The summed E-state index contributed by atoms with van der Waals surface area (Å²) in [5, 5.41) is 2.99. The molecule has 0 rings (SSSR count). The van der Waals surface area contributed by atoms with Crippen molar-refractivity contribution >= 4 is 7.59 Å². The quantitative estimate of drug-likeness (QED) is 0.0986. The number of nitrogens with one attached hydrogen (secondary N) is 1. The maximum absolute atomic E-state index is 13.0. The minimum Gasteiger partial charge on any atom is -0.267 e. The van der Waals surface area contributed by atoms with E-state index in [2.05, 4.69) is 46.6 Å². The first-order valence-electron chi connectivity index (χ1n) is 12.8. The summed E-state index contributed by atoms with van der Waals surface area (Å²) in [6, 6.07) is 0. The highest BCUT2D eigenvalue weighted by Gasteiger charge is 2.28. The minimum atomic E-state index is -3.37. The molecule has 0 amide bonds. The highest BCUT2D eigenvalue weighted by molar-refractivity contribution is 7.56. The molecular weight excluding hydrogens is 409 g/mol. The Morgan fingerprint density at radius 2 is 1.06 bits per heavy atom. The van der Waals surface area contributed by atoms with Crippen LogP contribution in [0.2, 0.25) is 0 Å². The highest BCUT2D eigenvalue weighted by Crippen LogP contribution is 2.37. The van der Waals surface area contributed by atoms with E-state index in [1.54, 1.807) is 0 Å². The molecule has 1 unspecified atom stereocenters. The minimum absolute atomic E-state index is 0.475. The van der Waals surface area contributed by atoms with Crippen LogP contribution in [-0.2, 0) is 14.2 Å². The molecule has 0 radical (unpaired) electrons. The largest absolute Gasteiger partial charge is 0.326 e. The Kier molecular flexibility index (Phi) is 19.5. The zero-order valence-electron chi connectivity index (χ0n) is 21.5. The molecule has 0 aliphatic heterocycles. The molecule has 0 saturated heterocycles. The lowest BCUT2D eigenvalue weighted by atomic mass is 10.1. The van der Waals surface area contributed by atoms with Crippen molar-refractivity contribution in [1.29, 1.82) is 0 Å². The van der Waals surface area contributed by atoms with Crippen molar-refractivity contribution in [3.8, 4) is 0 Å². The third-order valence-corrected chi connectivity index (χ3v) is 6.69. The molecule has 3 N–H and O–H groups in total. The first-order valence-corrected chi connectivity index (χ1v) is 14.6. The van der Waals surface area contributed by atoms with Crippen molar-refractivity contribution in [1.82, 2.24) is 10.1 Å². The van der Waals surface area contributed by atoms with Gasteiger partial charge in [0.05, 0.1) is 13.2 Å². The Bertz CT molecular complexity index is 428. The third kappa shape index (κ3) is 20.4. The number of unbranched alkanes of at least 4 members (excludes halogenated alkanes) is 6. The van der Waals surface area contributed by atoms with Crippen LogP contribution in [-0.4, -0.2) is 24.8 Å². The molecule has 0 bridgehead atoms. The first kappa shape index (κ1) is 31.0. The van der Waals surface area contributed by atoms with E-state index in [0.717, 1.165) is 61.3 Å². The number of hydrogen-bond donors (Lipinski definition) is 2. The molecule has 0 aliphatic rings. The van der Waals surface area contributed by atoms with E-state index in [0.29, 0.717) is 19.8 Å². The lowest BCUT2D eigenvalue weighted by Gasteiger charge is -2.27. The Morgan fingerprint density at radius 1 is 0.677 bits per heavy atom. The fourth-order valence-corrected chi connectivity index (χ4v) is 4.41. The molecule has 0 aromatic rings. The van der Waals surface area contributed by atoms with Crippen LogP contribution in [0.15, 0.2) is 0 Å². The van der Waals surface area contributed by atoms with Crippen LogP contribution in [0.1, 0.15) is 119 Å². The SMILES string of the molecule is CC(C)CCCCCNP(N)(=O)N(OCCCCCC(C)C)OCCCCCC(C)C. The average Bonchev–Trinajstić information content (AvgIpc) is 2.67. The molecule has 0 aromatic heterocycles. The summed E-state index contributed by atoms with van der Waals surface area (Å²) < 4.78 is 13.0. The van der Waals surface area contributed by atoms with E-state index in [4.69, 9.17) is 15.2 Å². The molecular formula is C24H54N3O3P. The molecule has 6 nitrogen and oxygen atoms in total. The molecule has 0 fully saturated rings. The van der Waals surface area contributed by atoms with E-state index in [-0.39, 0.29) is 0 Å². The summed E-state index contributed by atoms with van der Waals surface area (Å²) in [5.74, 6) is 2.18. The number of nitrogens with zero attached hydrogens (tertiary/aromatic N) is 1. The Balaban J connectivity index is 4.34. The predicted molar refractivity (Wildman–Crippen MR) is 133 cm³/mol. The molecule has 0 aromatic carbocycles. The van der Waals surface area contributed by atoms with Gasteiger partial charge >= 0.3 is 7.59 Å². The summed E-state index contributed by atoms with van der Waals surface area (Å²) in [6.07, 6.45) is 13.3. The summed E-state index contributed by atoms with van der Waals surface area (Å²) in [5.41, 5.74) is 6.11. The smallest absolute Gasteiger partial charge is 0.267 e. The Labute approximate surface area is 193 Å². The third-order valence-electron chi connectivity index (χ3n) is 5.29. The van der Waals surface area contributed by atoms with Gasteiger partial charge in [0.2, 0.25) is 0 Å². The van der Waals surface area contributed by atoms with E-state index in [1.165, 1.54) is 38.5 Å². The zero-order chi connectivity index (χ0) is 23.5. The van der Waals surface area contributed by atoms with Crippen molar-refractivity contribution < 1.29 is 14.2 Å². The van der Waals surface area contributed by atoms with E-state index < -0.39 is 7.59 Å². The second-order valence-electron chi connectivity index (χ2n) is 10.2. The average molecular weight is 464 g/mol. The van der Waals surface area contributed by atoms with Crippen LogP contribution in [0.5, 0.6) is 0 Å². The van der Waals surface area contributed by atoms with Crippen molar-refractivity contribution in [3.63, 3.8) is 0 Å². The Morgan fingerprint density at radius 3 is 1.45 bits per heavy atom. The highest BCUT2D eigenvalue weighted by atomic mass is 31.2. The van der Waals surface area contributed by atoms with Crippen LogP contribution in [0.4, 0.5) is 0 Å². The zero-order valence-corrected chi connectivity index (χ0v) is 22.4. The van der Waals surface area contributed by atoms with Crippen LogP contribution in [0.3, 0.4) is 0 Å². The van der Waals surface area contributed by atoms with Gasteiger partial charge in [0.15, 0.2) is 0 Å². The van der Waals surface area contributed by atoms with Gasteiger partial charge in [-0.05, 0) is 37.0 Å². The standard InChI is InChI=1S/C24H54N3O3P/c1-22(2)16-10-7-13-19-26-31(25,28)27(29-20-14-8-11-17-23(3)4)30-21-15-9-12-18-24(5)6/h22-24H,7-21H2,1-6H3,(H3,25,26,28). The van der Waals surface area contributed by atoms with Gasteiger partial charge in [-0.25, -0.2) is 5.09 Å². The maximum Gasteiger partial charge on any atom is 0.326 e. The fourth-order valence-electron chi connectivity index (χ4n) is 3.31. The molecule has 1 atom stereocenters. The monoisotopic (exact) mass is 463 g/mol. The van der Waals surface area contributed by atoms with E-state index in [1.807, 2.05) is 0 Å². The molecule has 188 valence electrons. The summed E-state index contributed by atoms with van der Waals surface area (Å²) >= 11 is 0. The fraction of sp³-hybridized carbons (Fsp3) is 1.00. The number of hydrogen-bond acceptors (Lipinski definition) is 3. The van der Waals surface area contributed by atoms with Crippen LogP contribution in [0.25, 0.3) is 0 Å². The summed E-state index contributed by atoms with van der Waals surface area (Å²) in [7, 11) is -3.37. The maximum atomic E-state index is 13.0. The molecule has 7 heteroatoms. The van der Waals surface area contributed by atoms with Gasteiger partial charge in [0.1, 0.15) is 0 Å². The normalized spacial score (nSPS) is 14.3. The molecule has 0 spiro atoms. The lowest BCUT2D eigenvalue weighted by molar-refractivity contribution is -0.306. The molecule has 0 heterocycles. The van der Waals surface area contributed by atoms with Gasteiger partial charge in [-0.15, -0.1) is 0 Å². The van der Waals surface area contributed by atoms with Gasteiger partial charge in [0, 0.05) is 11.5 Å². The van der Waals surface area contributed by atoms with Crippen LogP contribution in [0, 0.1) is 17.8 Å². The molecule has 31 heavy (non-hydrogen) atoms. The summed E-state index contributed by atoms with van der Waals surface area (Å²) in [4.78, 5) is 12.5. The number of rotatable bonds is 22. The summed E-state index contributed by atoms with van der Waals surface area (Å²) in [6.45, 7) is 15.0. The van der Waals surface area contributed by atoms with Crippen molar-refractivity contribution in [2.75, 3.05) is 19.8 Å². The van der Waals surface area contributed by atoms with Gasteiger partial charge < -0.3 is 0 Å². The lowest BCUT2D eigenvalue weighted by Crippen LogP contribution is -2.34. The van der Waals surface area contributed by atoms with Crippen LogP contribution >= 0.6 is 7.59 Å². The topological polar surface area (TPSA) is 76.8 Å². The van der Waals surface area contributed by atoms with Crippen molar-refractivity contribution in [2.45, 2.75) is 119 Å². The van der Waals surface area contributed by atoms with E-state index in [9.17, 15) is 4.57 Å². The van der Waals surface area contributed by atoms with Crippen LogP contribution < -0.4 is 10.6 Å². The van der Waals surface area contributed by atoms with Gasteiger partial charge in [0.25, 0.3) is 0 Å². The first-order chi connectivity index (χ1) is 14.6. The van der Waals surface area contributed by atoms with Gasteiger partial charge in [-0.3, -0.25) is 19.7 Å². The molecule has 0 aliphatic carbocycles. The van der Waals surface area contributed by atoms with E-state index >= 15 is 0 Å². The second-order valence-corrected chi connectivity index (χ2v) is 12.1. The van der Waals surface area contributed by atoms with Crippen molar-refractivity contribution in [3.05, 3.63) is 0 Å². The molecule has 0 saturated carbocycles. The van der Waals surface area contributed by atoms with Crippen molar-refractivity contribution in [2.24, 2.45) is 23.3 Å². The van der Waals surface area contributed by atoms with Gasteiger partial charge in [-0.1, -0.05) is 99.3 Å². The number of nitrogens with two attached hydrogens (primary N) is 1.